The lowest BCUT2D eigenvalue weighted by molar-refractivity contribution is -0.156. The molecule has 12 heavy (non-hydrogen) atoms. The summed E-state index contributed by atoms with van der Waals surface area (Å²) in [5, 5.41) is 19.9. The quantitative estimate of drug-likeness (QED) is 0.632. The molecule has 2 N–H and O–H groups in total. The van der Waals surface area contributed by atoms with Gasteiger partial charge in [-0.15, -0.1) is 0 Å². The fourth-order valence-corrected chi connectivity index (χ4v) is 2.08. The van der Waals surface area contributed by atoms with Crippen LogP contribution in [0.2, 0.25) is 0 Å². The summed E-state index contributed by atoms with van der Waals surface area (Å²) in [7, 11) is 0. The Hall–Kier alpha value is -0.0800. The standard InChI is InChI=1S/C10H20O2/c1-8-5-4-6-10(12,7-8)9(2,3)11/h8,11-12H,4-7H2,1-3H3/t8-,10+/m0/s1. The van der Waals surface area contributed by atoms with Crippen LogP contribution in [0.4, 0.5) is 0 Å². The van der Waals surface area contributed by atoms with Gasteiger partial charge in [-0.05, 0) is 32.6 Å². The molecule has 1 aliphatic rings. The van der Waals surface area contributed by atoms with Gasteiger partial charge in [0.2, 0.25) is 0 Å². The summed E-state index contributed by atoms with van der Waals surface area (Å²) in [6.45, 7) is 5.53. The Balaban J connectivity index is 2.70. The predicted molar refractivity (Wildman–Crippen MR) is 48.9 cm³/mol. The van der Waals surface area contributed by atoms with Crippen LogP contribution in [-0.4, -0.2) is 21.4 Å². The first-order valence-corrected chi connectivity index (χ1v) is 4.80. The first-order valence-electron chi connectivity index (χ1n) is 4.80. The van der Waals surface area contributed by atoms with Crippen molar-refractivity contribution in [2.24, 2.45) is 5.92 Å². The third kappa shape index (κ3) is 1.80. The van der Waals surface area contributed by atoms with E-state index < -0.39 is 11.2 Å². The number of hydrogen-bond acceptors (Lipinski definition) is 2. The molecular formula is C10H20O2. The molecule has 0 aromatic heterocycles. The Morgan fingerprint density at radius 1 is 1.42 bits per heavy atom. The van der Waals surface area contributed by atoms with Gasteiger partial charge in [-0.2, -0.15) is 0 Å². The molecule has 0 aliphatic heterocycles. The highest BCUT2D eigenvalue weighted by molar-refractivity contribution is 4.96. The summed E-state index contributed by atoms with van der Waals surface area (Å²) in [5.41, 5.74) is -1.81. The van der Waals surface area contributed by atoms with Crippen LogP contribution in [-0.2, 0) is 0 Å². The molecular weight excluding hydrogens is 152 g/mol. The lowest BCUT2D eigenvalue weighted by Crippen LogP contribution is -2.52. The van der Waals surface area contributed by atoms with Crippen LogP contribution in [0.3, 0.4) is 0 Å². The van der Waals surface area contributed by atoms with Crippen molar-refractivity contribution in [2.75, 3.05) is 0 Å². The van der Waals surface area contributed by atoms with Crippen molar-refractivity contribution in [3.05, 3.63) is 0 Å². The first kappa shape index (κ1) is 10.0. The van der Waals surface area contributed by atoms with E-state index in [1.165, 1.54) is 6.42 Å². The lowest BCUT2D eigenvalue weighted by Gasteiger charge is -2.43. The van der Waals surface area contributed by atoms with E-state index in [1.807, 2.05) is 0 Å². The molecule has 1 rings (SSSR count). The van der Waals surface area contributed by atoms with Crippen LogP contribution >= 0.6 is 0 Å². The van der Waals surface area contributed by atoms with Gasteiger partial charge >= 0.3 is 0 Å². The molecule has 0 radical (unpaired) electrons. The fourth-order valence-electron chi connectivity index (χ4n) is 2.08. The largest absolute Gasteiger partial charge is 0.387 e. The summed E-state index contributed by atoms with van der Waals surface area (Å²) in [6, 6.07) is 0. The van der Waals surface area contributed by atoms with Gasteiger partial charge in [-0.3, -0.25) is 0 Å². The topological polar surface area (TPSA) is 40.5 Å². The zero-order chi connectivity index (χ0) is 9.41. The molecule has 1 saturated carbocycles. The maximum Gasteiger partial charge on any atom is 0.0930 e. The highest BCUT2D eigenvalue weighted by Crippen LogP contribution is 2.39. The molecule has 0 spiro atoms. The van der Waals surface area contributed by atoms with Crippen molar-refractivity contribution in [1.82, 2.24) is 0 Å². The molecule has 1 fully saturated rings. The van der Waals surface area contributed by atoms with E-state index in [9.17, 15) is 10.2 Å². The Kier molecular flexibility index (Phi) is 2.50. The average Bonchev–Trinajstić information content (AvgIpc) is 1.83. The van der Waals surface area contributed by atoms with Crippen molar-refractivity contribution in [1.29, 1.82) is 0 Å². The smallest absolute Gasteiger partial charge is 0.0930 e. The molecule has 0 aromatic carbocycles. The van der Waals surface area contributed by atoms with Crippen LogP contribution in [0.25, 0.3) is 0 Å². The number of rotatable bonds is 1. The van der Waals surface area contributed by atoms with E-state index in [-0.39, 0.29) is 0 Å². The van der Waals surface area contributed by atoms with Gasteiger partial charge in [0, 0.05) is 0 Å². The van der Waals surface area contributed by atoms with Crippen molar-refractivity contribution in [3.63, 3.8) is 0 Å². The minimum absolute atomic E-state index is 0.537. The molecule has 0 heterocycles. The second-order valence-corrected chi connectivity index (χ2v) is 4.79. The molecule has 0 aromatic rings. The molecule has 2 nitrogen and oxygen atoms in total. The maximum atomic E-state index is 10.1. The van der Waals surface area contributed by atoms with Crippen LogP contribution in [0.1, 0.15) is 46.5 Å². The van der Waals surface area contributed by atoms with Crippen LogP contribution in [0, 0.1) is 5.92 Å². The predicted octanol–water partition coefficient (Wildman–Crippen LogP) is 1.70. The van der Waals surface area contributed by atoms with Crippen molar-refractivity contribution in [3.8, 4) is 0 Å². The van der Waals surface area contributed by atoms with E-state index in [2.05, 4.69) is 6.92 Å². The normalized spacial score (nSPS) is 38.2. The second-order valence-electron chi connectivity index (χ2n) is 4.79. The molecule has 0 saturated heterocycles. The third-order valence-corrected chi connectivity index (χ3v) is 3.11. The van der Waals surface area contributed by atoms with E-state index in [1.54, 1.807) is 13.8 Å². The molecule has 1 aliphatic carbocycles. The zero-order valence-corrected chi connectivity index (χ0v) is 8.30. The van der Waals surface area contributed by atoms with Gasteiger partial charge < -0.3 is 10.2 Å². The Bertz CT molecular complexity index is 160. The lowest BCUT2D eigenvalue weighted by atomic mass is 9.71. The molecule has 2 heteroatoms. The highest BCUT2D eigenvalue weighted by atomic mass is 16.4. The summed E-state index contributed by atoms with van der Waals surface area (Å²) in [5.74, 6) is 0.537. The molecule has 0 amide bonds. The summed E-state index contributed by atoms with van der Waals surface area (Å²) in [6.07, 6.45) is 3.68. The van der Waals surface area contributed by atoms with Crippen LogP contribution in [0.15, 0.2) is 0 Å². The first-order chi connectivity index (χ1) is 5.35. The van der Waals surface area contributed by atoms with Crippen LogP contribution < -0.4 is 0 Å². The van der Waals surface area contributed by atoms with Gasteiger partial charge in [0.15, 0.2) is 0 Å². The minimum atomic E-state index is -0.957. The fraction of sp³-hybridized carbons (Fsp3) is 1.00. The Morgan fingerprint density at radius 3 is 2.33 bits per heavy atom. The maximum absolute atomic E-state index is 10.1. The van der Waals surface area contributed by atoms with E-state index in [0.29, 0.717) is 5.92 Å². The van der Waals surface area contributed by atoms with E-state index in [0.717, 1.165) is 19.3 Å². The van der Waals surface area contributed by atoms with Gasteiger partial charge in [0.25, 0.3) is 0 Å². The molecule has 0 bridgehead atoms. The van der Waals surface area contributed by atoms with Gasteiger partial charge in [0.1, 0.15) is 0 Å². The van der Waals surface area contributed by atoms with E-state index in [4.69, 9.17) is 0 Å². The zero-order valence-electron chi connectivity index (χ0n) is 8.30. The summed E-state index contributed by atoms with van der Waals surface area (Å²) in [4.78, 5) is 0. The van der Waals surface area contributed by atoms with Gasteiger partial charge in [-0.25, -0.2) is 0 Å². The van der Waals surface area contributed by atoms with Gasteiger partial charge in [-0.1, -0.05) is 19.8 Å². The monoisotopic (exact) mass is 172 g/mol. The van der Waals surface area contributed by atoms with Crippen molar-refractivity contribution >= 4 is 0 Å². The second kappa shape index (κ2) is 3.00. The van der Waals surface area contributed by atoms with Crippen LogP contribution in [0.5, 0.6) is 0 Å². The molecule has 2 atom stereocenters. The Morgan fingerprint density at radius 2 is 2.00 bits per heavy atom. The molecule has 72 valence electrons. The summed E-state index contributed by atoms with van der Waals surface area (Å²) >= 11 is 0. The highest BCUT2D eigenvalue weighted by Gasteiger charge is 2.44. The molecule has 0 unspecified atom stereocenters. The van der Waals surface area contributed by atoms with Gasteiger partial charge in [0.05, 0.1) is 11.2 Å². The Labute approximate surface area is 74.6 Å². The van der Waals surface area contributed by atoms with Crippen molar-refractivity contribution in [2.45, 2.75) is 57.7 Å². The van der Waals surface area contributed by atoms with E-state index >= 15 is 0 Å². The van der Waals surface area contributed by atoms with Crippen molar-refractivity contribution < 1.29 is 10.2 Å². The SMILES string of the molecule is C[C@H]1CCC[C@](O)(C(C)(C)O)C1. The number of aliphatic hydroxyl groups is 2. The minimum Gasteiger partial charge on any atom is -0.387 e. The average molecular weight is 172 g/mol. The number of hydrogen-bond donors (Lipinski definition) is 2. The third-order valence-electron chi connectivity index (χ3n) is 3.11. The summed E-state index contributed by atoms with van der Waals surface area (Å²) < 4.78 is 0.